The summed E-state index contributed by atoms with van der Waals surface area (Å²) in [4.78, 5) is 91.4. The van der Waals surface area contributed by atoms with Gasteiger partial charge in [0.1, 0.15) is 17.3 Å². The van der Waals surface area contributed by atoms with Crippen LogP contribution in [-0.4, -0.2) is 58.2 Å². The Morgan fingerprint density at radius 1 is 0.455 bits per heavy atom. The molecule has 0 spiro atoms. The van der Waals surface area contributed by atoms with Crippen molar-refractivity contribution in [3.05, 3.63) is 214 Å². The molecule has 4 atom stereocenters. The van der Waals surface area contributed by atoms with Crippen molar-refractivity contribution >= 4 is 60.2 Å². The van der Waals surface area contributed by atoms with Crippen LogP contribution >= 0.6 is 0 Å². The number of carbonyl (C=O) groups excluding carboxylic acids is 6. The lowest BCUT2D eigenvalue weighted by Gasteiger charge is -2.51. The van der Waals surface area contributed by atoms with Crippen LogP contribution < -0.4 is 9.47 Å². The van der Waals surface area contributed by atoms with Gasteiger partial charge in [0, 0.05) is 34.8 Å². The van der Waals surface area contributed by atoms with Crippen molar-refractivity contribution < 1.29 is 58.0 Å². The fourth-order valence-corrected chi connectivity index (χ4v) is 7.41. The Bertz CT molecular complexity index is 2700. The van der Waals surface area contributed by atoms with Gasteiger partial charge in [-0.3, -0.25) is 28.8 Å². The molecule has 1 saturated carbocycles. The van der Waals surface area contributed by atoms with Gasteiger partial charge in [0.05, 0.1) is 11.1 Å². The molecule has 6 aromatic rings. The van der Waals surface area contributed by atoms with E-state index in [1.165, 1.54) is 50.3 Å². The highest BCUT2D eigenvalue weighted by Crippen LogP contribution is 2.58. The van der Waals surface area contributed by atoms with E-state index in [2.05, 4.69) is 4.74 Å². The topological polar surface area (TPSA) is 195 Å². The minimum atomic E-state index is -1.04. The van der Waals surface area contributed by atoms with E-state index in [4.69, 9.17) is 9.84 Å². The van der Waals surface area contributed by atoms with E-state index in [0.29, 0.717) is 35.6 Å². The number of benzene rings is 6. The summed E-state index contributed by atoms with van der Waals surface area (Å²) in [6.45, 7) is 3.67. The molecule has 6 aromatic carbocycles. The van der Waals surface area contributed by atoms with Crippen LogP contribution in [0.5, 0.6) is 11.5 Å². The molecule has 1 aliphatic carbocycles. The summed E-state index contributed by atoms with van der Waals surface area (Å²) in [7, 11) is 0. The average Bonchev–Trinajstić information content (AvgIpc) is 3.31. The number of hydrogen-bond donors (Lipinski definition) is 2. The number of hydrogen-bond acceptors (Lipinski definition) is 10. The molecule has 0 radical (unpaired) electrons. The van der Waals surface area contributed by atoms with E-state index in [-0.39, 0.29) is 46.1 Å². The Labute approximate surface area is 380 Å². The van der Waals surface area contributed by atoms with Crippen molar-refractivity contribution in [2.75, 3.05) is 0 Å². The maximum absolute atomic E-state index is 13.7. The van der Waals surface area contributed by atoms with Crippen LogP contribution in [0, 0.1) is 11.8 Å². The second kappa shape index (κ2) is 23.7. The number of carboxylic acid groups (broad SMARTS) is 2. The van der Waals surface area contributed by atoms with Crippen LogP contribution in [0.15, 0.2) is 170 Å². The third kappa shape index (κ3) is 13.2. The van der Waals surface area contributed by atoms with E-state index < -0.39 is 23.8 Å². The third-order valence-electron chi connectivity index (χ3n) is 10.6. The fourth-order valence-electron chi connectivity index (χ4n) is 7.41. The number of Topliss-reactive ketones (excluding diaryl/α,β-unsaturated/α-hetero) is 2. The number of ketones is 4. The highest BCUT2D eigenvalue weighted by molar-refractivity contribution is 6.07. The van der Waals surface area contributed by atoms with E-state index >= 15 is 0 Å². The summed E-state index contributed by atoms with van der Waals surface area (Å²) >= 11 is 0. The molecule has 0 unspecified atom stereocenters. The lowest BCUT2D eigenvalue weighted by atomic mass is 9.50. The van der Waals surface area contributed by atoms with Crippen molar-refractivity contribution in [1.29, 1.82) is 0 Å². The minimum Gasteiger partial charge on any atom is -0.478 e. The molecule has 7 rings (SSSR count). The van der Waals surface area contributed by atoms with Gasteiger partial charge in [-0.1, -0.05) is 97.1 Å². The molecular weight excluding hydrogens is 841 g/mol. The van der Waals surface area contributed by atoms with E-state index in [1.54, 1.807) is 84.9 Å². The van der Waals surface area contributed by atoms with Crippen LogP contribution in [-0.2, 0) is 19.2 Å². The first-order chi connectivity index (χ1) is 31.8. The second-order valence-corrected chi connectivity index (χ2v) is 14.9. The van der Waals surface area contributed by atoms with Crippen molar-refractivity contribution in [3.8, 4) is 11.5 Å². The van der Waals surface area contributed by atoms with Crippen LogP contribution in [0.4, 0.5) is 0 Å². The fraction of sp³-hybridized carbons (Fsp3) is 0.111. The zero-order valence-corrected chi connectivity index (χ0v) is 35.8. The predicted octanol–water partition coefficient (Wildman–Crippen LogP) is 9.61. The Balaban J connectivity index is 0.000000208. The number of ether oxygens (including phenoxy) is 2. The van der Waals surface area contributed by atoms with Crippen LogP contribution in [0.25, 0.3) is 12.2 Å². The van der Waals surface area contributed by atoms with E-state index in [1.807, 2.05) is 60.7 Å². The van der Waals surface area contributed by atoms with Gasteiger partial charge in [0.15, 0.2) is 17.3 Å². The molecule has 12 heteroatoms. The largest absolute Gasteiger partial charge is 0.478 e. The molecule has 12 nitrogen and oxygen atoms in total. The van der Waals surface area contributed by atoms with Gasteiger partial charge in [0.25, 0.3) is 12.9 Å². The monoisotopic (exact) mass is 884 g/mol. The highest BCUT2D eigenvalue weighted by atomic mass is 16.5. The van der Waals surface area contributed by atoms with Gasteiger partial charge < -0.3 is 19.7 Å². The van der Waals surface area contributed by atoms with Gasteiger partial charge in [-0.25, -0.2) is 9.59 Å². The molecule has 1 aliphatic rings. The van der Waals surface area contributed by atoms with Gasteiger partial charge >= 0.3 is 11.9 Å². The number of carbonyl (C=O) groups is 8. The number of allylic oxidation sites excluding steroid dienone is 2. The molecule has 66 heavy (non-hydrogen) atoms. The van der Waals surface area contributed by atoms with Crippen LogP contribution in [0.1, 0.15) is 89.4 Å². The van der Waals surface area contributed by atoms with Gasteiger partial charge in [-0.15, -0.1) is 0 Å². The van der Waals surface area contributed by atoms with Crippen molar-refractivity contribution in [2.24, 2.45) is 11.8 Å². The Morgan fingerprint density at radius 2 is 0.864 bits per heavy atom. The molecule has 0 amide bonds. The predicted molar refractivity (Wildman–Crippen MR) is 247 cm³/mol. The van der Waals surface area contributed by atoms with Crippen molar-refractivity contribution in [1.82, 2.24) is 0 Å². The summed E-state index contributed by atoms with van der Waals surface area (Å²) in [5.74, 6) is -3.10. The summed E-state index contributed by atoms with van der Waals surface area (Å²) in [5.41, 5.74) is 4.83. The Kier molecular flexibility index (Phi) is 17.4. The molecule has 0 heterocycles. The maximum atomic E-state index is 13.7. The number of aromatic carboxylic acids is 2. The molecule has 0 bridgehead atoms. The van der Waals surface area contributed by atoms with Gasteiger partial charge in [0.2, 0.25) is 0 Å². The molecule has 2 N–H and O–H groups in total. The first-order valence-corrected chi connectivity index (χ1v) is 20.4. The van der Waals surface area contributed by atoms with Crippen LogP contribution in [0.2, 0.25) is 0 Å². The quantitative estimate of drug-likeness (QED) is 0.0531. The number of rotatable bonds is 16. The summed E-state index contributed by atoms with van der Waals surface area (Å²) < 4.78 is 9.48. The highest BCUT2D eigenvalue weighted by Gasteiger charge is 2.56. The van der Waals surface area contributed by atoms with Crippen molar-refractivity contribution in [3.63, 3.8) is 0 Å². The Hall–Kier alpha value is -8.64. The Morgan fingerprint density at radius 3 is 1.32 bits per heavy atom. The van der Waals surface area contributed by atoms with Gasteiger partial charge in [-0.2, -0.15) is 0 Å². The summed E-state index contributed by atoms with van der Waals surface area (Å²) in [5, 5.41) is 17.8. The minimum absolute atomic E-state index is 0.0186. The smallest absolute Gasteiger partial charge is 0.335 e. The maximum Gasteiger partial charge on any atom is 0.335 e. The van der Waals surface area contributed by atoms with Gasteiger partial charge in [-0.05, 0) is 121 Å². The van der Waals surface area contributed by atoms with E-state index in [9.17, 15) is 43.5 Å². The molecule has 0 aromatic heterocycles. The summed E-state index contributed by atoms with van der Waals surface area (Å²) in [6, 6.07) is 44.5. The zero-order valence-electron chi connectivity index (χ0n) is 35.8. The lowest BCUT2D eigenvalue weighted by molar-refractivity contribution is -0.127. The second-order valence-electron chi connectivity index (χ2n) is 14.9. The molecule has 332 valence electrons. The SMILES string of the molecule is CC(=O)/C=C/c1ccc(C(=O)O)cc1.CC(=O)[C@@H]1[C@H](c2ccccc2)[C@@H](C(=O)c2ccc(OC=O)cc2)[C@H]1c1ccc(C(=O)O)cc1.O=COc1ccc(C(=O)/C=C/c2ccccc2)cc1. The average molecular weight is 885 g/mol. The lowest BCUT2D eigenvalue weighted by Crippen LogP contribution is -2.50. The summed E-state index contributed by atoms with van der Waals surface area (Å²) in [6.07, 6.45) is 6.37. The molecule has 0 saturated heterocycles. The molecule has 1 fully saturated rings. The molecule has 0 aliphatic heterocycles. The van der Waals surface area contributed by atoms with Crippen LogP contribution in [0.3, 0.4) is 0 Å². The first kappa shape index (κ1) is 48.4. The van der Waals surface area contributed by atoms with Crippen molar-refractivity contribution in [2.45, 2.75) is 25.7 Å². The molecular formula is C54H44O12. The third-order valence-corrected chi connectivity index (χ3v) is 10.6. The standard InChI is InChI=1S/C27H22O6.C16H12O3.C11H10O3/c1-16(29)22-23(17-5-3-2-4-6-17)25(24(22)18-7-9-20(10-8-18)27(31)32)26(30)19-11-13-21(14-12-19)33-15-28;17-12-19-15-9-7-14(8-10-15)16(18)11-6-13-4-2-1-3-5-13;1-8(12)2-3-9-4-6-10(7-5-9)11(13)14/h2-15,22-25H,1H3,(H,31,32);1-12H;2-7H,1H3,(H,13,14)/b;11-6+;3-2+/t22-,23+,24+,25-;;/m1../s1. The zero-order chi connectivity index (χ0) is 47.6. The normalized spacial score (nSPS) is 15.9. The first-order valence-electron chi connectivity index (χ1n) is 20.4. The van der Waals surface area contributed by atoms with E-state index in [0.717, 1.165) is 22.3 Å². The number of carboxylic acids is 2.